The first-order valence-corrected chi connectivity index (χ1v) is 12.2. The summed E-state index contributed by atoms with van der Waals surface area (Å²) in [4.78, 5) is 27.7. The first-order chi connectivity index (χ1) is 17.4. The molecule has 1 spiro atoms. The van der Waals surface area contributed by atoms with Crippen molar-refractivity contribution in [3.05, 3.63) is 100 Å². The maximum Gasteiger partial charge on any atom is 0.412 e. The maximum atomic E-state index is 13.8. The van der Waals surface area contributed by atoms with Crippen molar-refractivity contribution in [1.29, 1.82) is 0 Å². The average molecular weight is 504 g/mol. The number of para-hydroxylation sites is 1. The van der Waals surface area contributed by atoms with Crippen LogP contribution in [0.25, 0.3) is 10.9 Å². The van der Waals surface area contributed by atoms with E-state index in [1.165, 1.54) is 12.1 Å². The van der Waals surface area contributed by atoms with Crippen LogP contribution in [0, 0.1) is 5.82 Å². The van der Waals surface area contributed by atoms with E-state index in [1.807, 2.05) is 53.2 Å². The lowest BCUT2D eigenvalue weighted by Crippen LogP contribution is -2.49. The van der Waals surface area contributed by atoms with Crippen molar-refractivity contribution in [3.63, 3.8) is 0 Å². The van der Waals surface area contributed by atoms with Gasteiger partial charge in [-0.2, -0.15) is 0 Å². The van der Waals surface area contributed by atoms with Crippen LogP contribution in [-0.4, -0.2) is 34.6 Å². The molecule has 1 fully saturated rings. The molecule has 6 nitrogen and oxygen atoms in total. The monoisotopic (exact) mass is 503 g/mol. The summed E-state index contributed by atoms with van der Waals surface area (Å²) in [6.45, 7) is 1.31. The highest BCUT2D eigenvalue weighted by molar-refractivity contribution is 6.31. The van der Waals surface area contributed by atoms with Crippen LogP contribution in [0.2, 0.25) is 5.02 Å². The maximum absolute atomic E-state index is 13.8. The molecule has 6 rings (SSSR count). The Morgan fingerprint density at radius 1 is 1.06 bits per heavy atom. The molecular formula is C28H23ClFN3O3. The average Bonchev–Trinajstić information content (AvgIpc) is 3.21. The second-order valence-electron chi connectivity index (χ2n) is 9.31. The van der Waals surface area contributed by atoms with Crippen molar-refractivity contribution >= 4 is 40.2 Å². The van der Waals surface area contributed by atoms with E-state index in [-0.39, 0.29) is 11.7 Å². The fraction of sp³-hybridized carbons (Fsp3) is 0.214. The van der Waals surface area contributed by atoms with Gasteiger partial charge >= 0.3 is 6.09 Å². The molecule has 1 N–H and O–H groups in total. The zero-order valence-electron chi connectivity index (χ0n) is 19.3. The van der Waals surface area contributed by atoms with Gasteiger partial charge in [-0.25, -0.2) is 9.18 Å². The number of nitrogens with zero attached hydrogens (tertiary/aromatic N) is 2. The third kappa shape index (κ3) is 3.89. The second kappa shape index (κ2) is 8.68. The quantitative estimate of drug-likeness (QED) is 0.363. The fourth-order valence-electron chi connectivity index (χ4n) is 5.37. The highest BCUT2D eigenvalue weighted by atomic mass is 35.5. The lowest BCUT2D eigenvalue weighted by Gasteiger charge is -2.44. The van der Waals surface area contributed by atoms with Gasteiger partial charge in [-0.05, 0) is 35.9 Å². The Bertz CT molecular complexity index is 1510. The molecule has 36 heavy (non-hydrogen) atoms. The topological polar surface area (TPSA) is 63.6 Å². The highest BCUT2D eigenvalue weighted by Crippen LogP contribution is 2.43. The van der Waals surface area contributed by atoms with Crippen molar-refractivity contribution < 1.29 is 18.7 Å². The number of benzene rings is 3. The number of carbonyl (C=O) groups excluding carboxylic acids is 2. The third-order valence-corrected chi connectivity index (χ3v) is 7.35. The van der Waals surface area contributed by atoms with Gasteiger partial charge in [0.05, 0.1) is 16.8 Å². The number of nitrogens with one attached hydrogen (secondary N) is 1. The summed E-state index contributed by atoms with van der Waals surface area (Å²) in [5, 5.41) is 4.12. The molecule has 2 aliphatic rings. The van der Waals surface area contributed by atoms with Gasteiger partial charge in [0, 0.05) is 54.6 Å². The molecule has 8 heteroatoms. The summed E-state index contributed by atoms with van der Waals surface area (Å²) >= 11 is 6.28. The summed E-state index contributed by atoms with van der Waals surface area (Å²) in [6, 6.07) is 19.5. The molecule has 182 valence electrons. The molecule has 1 aromatic heterocycles. The number of aromatic nitrogens is 1. The van der Waals surface area contributed by atoms with Gasteiger partial charge in [-0.3, -0.25) is 10.1 Å². The van der Waals surface area contributed by atoms with E-state index in [0.29, 0.717) is 43.1 Å². The summed E-state index contributed by atoms with van der Waals surface area (Å²) in [5.74, 6) is -0.399. The molecule has 0 saturated carbocycles. The Hall–Kier alpha value is -3.84. The number of hydrogen-bond donors (Lipinski definition) is 1. The highest BCUT2D eigenvalue weighted by Gasteiger charge is 2.45. The molecule has 2 aliphatic heterocycles. The van der Waals surface area contributed by atoms with Gasteiger partial charge < -0.3 is 14.2 Å². The molecule has 0 radical (unpaired) electrons. The molecule has 0 bridgehead atoms. The predicted molar refractivity (Wildman–Crippen MR) is 136 cm³/mol. The molecule has 0 aliphatic carbocycles. The lowest BCUT2D eigenvalue weighted by atomic mass is 9.82. The number of piperidine rings is 1. The molecule has 4 aromatic rings. The van der Waals surface area contributed by atoms with Gasteiger partial charge in [0.15, 0.2) is 0 Å². The number of rotatable bonds is 3. The lowest BCUT2D eigenvalue weighted by molar-refractivity contribution is -0.0331. The first-order valence-electron chi connectivity index (χ1n) is 11.8. The normalized spacial score (nSPS) is 16.5. The first kappa shape index (κ1) is 22.6. The molecule has 1 saturated heterocycles. The van der Waals surface area contributed by atoms with Gasteiger partial charge in [-0.1, -0.05) is 48.0 Å². The molecular weight excluding hydrogens is 481 g/mol. The Kier molecular flexibility index (Phi) is 5.45. The van der Waals surface area contributed by atoms with Gasteiger partial charge in [0.1, 0.15) is 11.4 Å². The number of anilines is 1. The Labute approximate surface area is 212 Å². The SMILES string of the molecule is O=C1Nc2ccccc2C2(CCN(C(=O)c3cn(Cc4cccc(F)c4)c4cc(Cl)ccc34)CC2)O1. The van der Waals surface area contributed by atoms with E-state index in [0.717, 1.165) is 27.7 Å². The van der Waals surface area contributed by atoms with Crippen LogP contribution < -0.4 is 5.32 Å². The van der Waals surface area contributed by atoms with E-state index in [9.17, 15) is 14.0 Å². The summed E-state index contributed by atoms with van der Waals surface area (Å²) in [6.07, 6.45) is 2.37. The zero-order valence-corrected chi connectivity index (χ0v) is 20.1. The number of fused-ring (bicyclic) bond motifs is 3. The fourth-order valence-corrected chi connectivity index (χ4v) is 5.53. The second-order valence-corrected chi connectivity index (χ2v) is 9.75. The van der Waals surface area contributed by atoms with E-state index in [2.05, 4.69) is 5.32 Å². The number of carbonyl (C=O) groups is 2. The number of halogens is 2. The number of amides is 2. The minimum absolute atomic E-state index is 0.0938. The van der Waals surface area contributed by atoms with Crippen LogP contribution >= 0.6 is 11.6 Å². The van der Waals surface area contributed by atoms with E-state index in [1.54, 1.807) is 17.0 Å². The van der Waals surface area contributed by atoms with Crippen LogP contribution in [-0.2, 0) is 16.9 Å². The van der Waals surface area contributed by atoms with Gasteiger partial charge in [0.25, 0.3) is 5.91 Å². The molecule has 3 aromatic carbocycles. The van der Waals surface area contributed by atoms with E-state index in [4.69, 9.17) is 16.3 Å². The largest absolute Gasteiger partial charge is 0.438 e. The Morgan fingerprint density at radius 2 is 1.86 bits per heavy atom. The standard InChI is InChI=1S/C28H23ClFN3O3/c29-19-8-9-21-22(17-33(25(21)15-19)16-18-4-3-5-20(30)14-18)26(34)32-12-10-28(11-13-32)23-6-1-2-7-24(23)31-27(35)36-28/h1-9,14-15,17H,10-13,16H2,(H,31,35). The minimum atomic E-state index is -0.741. The molecule has 3 heterocycles. The molecule has 2 amide bonds. The number of ether oxygens (including phenoxy) is 1. The summed E-state index contributed by atoms with van der Waals surface area (Å²) in [5.41, 5.74) is 3.12. The Balaban J connectivity index is 1.29. The zero-order chi connectivity index (χ0) is 24.9. The van der Waals surface area contributed by atoms with Crippen LogP contribution in [0.1, 0.15) is 34.3 Å². The van der Waals surface area contributed by atoms with Crippen molar-refractivity contribution in [3.8, 4) is 0 Å². The van der Waals surface area contributed by atoms with Gasteiger partial charge in [0.2, 0.25) is 0 Å². The summed E-state index contributed by atoms with van der Waals surface area (Å²) in [7, 11) is 0. The van der Waals surface area contributed by atoms with E-state index >= 15 is 0 Å². The van der Waals surface area contributed by atoms with Crippen LogP contribution in [0.15, 0.2) is 72.9 Å². The van der Waals surface area contributed by atoms with Crippen LogP contribution in [0.5, 0.6) is 0 Å². The third-order valence-electron chi connectivity index (χ3n) is 7.12. The Morgan fingerprint density at radius 3 is 2.67 bits per heavy atom. The van der Waals surface area contributed by atoms with E-state index < -0.39 is 11.7 Å². The van der Waals surface area contributed by atoms with Crippen molar-refractivity contribution in [2.75, 3.05) is 18.4 Å². The van der Waals surface area contributed by atoms with Crippen molar-refractivity contribution in [1.82, 2.24) is 9.47 Å². The number of hydrogen-bond acceptors (Lipinski definition) is 3. The number of likely N-dealkylation sites (tertiary alicyclic amines) is 1. The molecule has 0 unspecified atom stereocenters. The van der Waals surface area contributed by atoms with Crippen LogP contribution in [0.3, 0.4) is 0 Å². The molecule has 0 atom stereocenters. The predicted octanol–water partition coefficient (Wildman–Crippen LogP) is 6.18. The van der Waals surface area contributed by atoms with Crippen molar-refractivity contribution in [2.45, 2.75) is 25.0 Å². The van der Waals surface area contributed by atoms with Crippen molar-refractivity contribution in [2.24, 2.45) is 0 Å². The van der Waals surface area contributed by atoms with Crippen LogP contribution in [0.4, 0.5) is 14.9 Å². The van der Waals surface area contributed by atoms with Gasteiger partial charge in [-0.15, -0.1) is 0 Å². The smallest absolute Gasteiger partial charge is 0.412 e. The minimum Gasteiger partial charge on any atom is -0.438 e. The summed E-state index contributed by atoms with van der Waals surface area (Å²) < 4.78 is 21.5.